The highest BCUT2D eigenvalue weighted by atomic mass is 16.1. The van der Waals surface area contributed by atoms with Crippen molar-refractivity contribution >= 4 is 11.6 Å². The lowest BCUT2D eigenvalue weighted by molar-refractivity contribution is -0.117. The van der Waals surface area contributed by atoms with Crippen molar-refractivity contribution in [3.63, 3.8) is 0 Å². The average Bonchev–Trinajstić information content (AvgIpc) is 2.78. The Morgan fingerprint density at radius 1 is 1.50 bits per heavy atom. The largest absolute Gasteiger partial charge is 0.358 e. The van der Waals surface area contributed by atoms with Gasteiger partial charge in [-0.1, -0.05) is 0 Å². The van der Waals surface area contributed by atoms with Gasteiger partial charge in [-0.05, 0) is 19.8 Å². The molecular formula is C13H22N4O. The second-order valence-electron chi connectivity index (χ2n) is 4.88. The number of aliphatic imine (C=N–C) groups is 1. The number of likely N-dealkylation sites (N-methyl/N-ethyl adjacent to an activating group) is 2. The van der Waals surface area contributed by atoms with Crippen LogP contribution in [0.3, 0.4) is 0 Å². The molecule has 0 saturated carbocycles. The second-order valence-corrected chi connectivity index (χ2v) is 4.88. The van der Waals surface area contributed by atoms with Crippen LogP contribution in [-0.2, 0) is 4.79 Å². The van der Waals surface area contributed by atoms with E-state index in [1.807, 2.05) is 18.1 Å². The van der Waals surface area contributed by atoms with Crippen LogP contribution in [0.15, 0.2) is 16.9 Å². The summed E-state index contributed by atoms with van der Waals surface area (Å²) in [6.07, 6.45) is 4.26. The molecule has 0 bridgehead atoms. The molecular weight excluding hydrogens is 228 g/mol. The first-order valence-electron chi connectivity index (χ1n) is 7.78. The van der Waals surface area contributed by atoms with E-state index in [1.165, 1.54) is 4.90 Å². The summed E-state index contributed by atoms with van der Waals surface area (Å²) in [7, 11) is 1.91. The van der Waals surface area contributed by atoms with Crippen molar-refractivity contribution in [1.29, 1.82) is 0 Å². The van der Waals surface area contributed by atoms with Crippen LogP contribution in [0, 0.1) is 0 Å². The lowest BCUT2D eigenvalue weighted by Gasteiger charge is -2.34. The molecule has 0 aromatic heterocycles. The summed E-state index contributed by atoms with van der Waals surface area (Å²) in [5, 5.41) is 0. The Bertz CT molecular complexity index is 473. The number of carbonyl (C=O) groups is 1. The van der Waals surface area contributed by atoms with Crippen molar-refractivity contribution in [1.82, 2.24) is 14.7 Å². The van der Waals surface area contributed by atoms with Gasteiger partial charge in [0.2, 0.25) is 0 Å². The van der Waals surface area contributed by atoms with Gasteiger partial charge in [0.1, 0.15) is 12.5 Å². The Kier molecular flexibility index (Phi) is 2.83. The highest BCUT2D eigenvalue weighted by Crippen LogP contribution is 2.20. The maximum atomic E-state index is 10.9. The molecule has 18 heavy (non-hydrogen) atoms. The van der Waals surface area contributed by atoms with Crippen LogP contribution >= 0.6 is 0 Å². The van der Waals surface area contributed by atoms with Crippen LogP contribution in [-0.4, -0.2) is 60.2 Å². The molecule has 0 spiro atoms. The number of nitrogens with zero attached hydrogens (tertiary/aromatic N) is 4. The molecule has 5 heteroatoms. The zero-order valence-corrected chi connectivity index (χ0v) is 11.0. The fraction of sp³-hybridized carbons (Fsp3) is 0.692. The Labute approximate surface area is 113 Å². The van der Waals surface area contributed by atoms with E-state index in [9.17, 15) is 4.79 Å². The van der Waals surface area contributed by atoms with Crippen LogP contribution in [0.2, 0.25) is 0 Å². The van der Waals surface area contributed by atoms with Crippen molar-refractivity contribution < 1.29 is 8.91 Å². The zero-order valence-electron chi connectivity index (χ0n) is 14.0. The number of hydrogen-bond acceptors (Lipinski definition) is 5. The molecule has 0 aromatic carbocycles. The number of Topliss-reactive ketones (excluding diaryl/α,β-unsaturated/α-hetero) is 1. The number of hydrogen-bond donors (Lipinski definition) is 0. The number of unbranched alkanes of at least 4 members (excludes halogenated alkanes) is 1. The molecule has 100 valence electrons. The van der Waals surface area contributed by atoms with Crippen molar-refractivity contribution in [2.45, 2.75) is 26.2 Å². The number of rotatable bonds is 5. The number of fused-ring (bicyclic) bond motifs is 1. The minimum Gasteiger partial charge on any atom is -0.358 e. The van der Waals surface area contributed by atoms with Crippen LogP contribution < -0.4 is 0 Å². The van der Waals surface area contributed by atoms with E-state index in [0.717, 1.165) is 25.2 Å². The molecule has 0 aromatic rings. The minimum absolute atomic E-state index is 0.181. The van der Waals surface area contributed by atoms with Crippen molar-refractivity contribution in [2.24, 2.45) is 4.99 Å². The summed E-state index contributed by atoms with van der Waals surface area (Å²) in [4.78, 5) is 20.6. The minimum atomic E-state index is -2.17. The van der Waals surface area contributed by atoms with Gasteiger partial charge in [0, 0.05) is 37.3 Å². The molecule has 2 rings (SSSR count). The predicted octanol–water partition coefficient (Wildman–Crippen LogP) is 1.09. The zero-order chi connectivity index (χ0) is 15.6. The lowest BCUT2D eigenvalue weighted by Crippen LogP contribution is -2.43. The number of amidine groups is 1. The molecule has 0 N–H and O–H groups in total. The highest BCUT2D eigenvalue weighted by molar-refractivity contribution is 5.99. The SMILES string of the molecule is [2H]C([2H])([2H])N1CN=C2C1=CN(CCCCC(C)=O)CN2C. The predicted molar refractivity (Wildman–Crippen MR) is 72.0 cm³/mol. The van der Waals surface area contributed by atoms with Gasteiger partial charge >= 0.3 is 0 Å². The Hall–Kier alpha value is -1.52. The average molecular weight is 253 g/mol. The summed E-state index contributed by atoms with van der Waals surface area (Å²) in [6, 6.07) is 0. The third-order valence-electron chi connectivity index (χ3n) is 3.17. The van der Waals surface area contributed by atoms with E-state index >= 15 is 0 Å². The van der Waals surface area contributed by atoms with Gasteiger partial charge in [0.05, 0.1) is 12.4 Å². The first kappa shape index (κ1) is 9.42. The van der Waals surface area contributed by atoms with E-state index in [2.05, 4.69) is 9.89 Å². The van der Waals surface area contributed by atoms with Gasteiger partial charge in [-0.15, -0.1) is 0 Å². The summed E-state index contributed by atoms with van der Waals surface area (Å²) in [5.74, 6) is 0.953. The molecule has 0 fully saturated rings. The van der Waals surface area contributed by atoms with E-state index < -0.39 is 6.98 Å². The van der Waals surface area contributed by atoms with E-state index in [-0.39, 0.29) is 12.5 Å². The molecule has 2 aliphatic rings. The van der Waals surface area contributed by atoms with Gasteiger partial charge in [0.15, 0.2) is 5.84 Å². The Morgan fingerprint density at radius 3 is 3.06 bits per heavy atom. The highest BCUT2D eigenvalue weighted by Gasteiger charge is 2.27. The van der Waals surface area contributed by atoms with Crippen molar-refractivity contribution in [3.8, 4) is 0 Å². The van der Waals surface area contributed by atoms with Crippen LogP contribution in [0.1, 0.15) is 30.3 Å². The molecule has 0 radical (unpaired) electrons. The quantitative estimate of drug-likeness (QED) is 0.688. The maximum Gasteiger partial charge on any atom is 0.152 e. The summed E-state index contributed by atoms with van der Waals surface area (Å²) >= 11 is 0. The summed E-state index contributed by atoms with van der Waals surface area (Å²) < 4.78 is 22.7. The van der Waals surface area contributed by atoms with Crippen LogP contribution in [0.4, 0.5) is 0 Å². The van der Waals surface area contributed by atoms with Gasteiger partial charge < -0.3 is 19.5 Å². The summed E-state index contributed by atoms with van der Waals surface area (Å²) in [6.45, 7) is 1.11. The molecule has 2 aliphatic heterocycles. The smallest absolute Gasteiger partial charge is 0.152 e. The van der Waals surface area contributed by atoms with Crippen LogP contribution in [0.25, 0.3) is 0 Å². The number of carbonyl (C=O) groups excluding carboxylic acids is 1. The molecule has 0 saturated heterocycles. The Morgan fingerprint density at radius 2 is 2.33 bits per heavy atom. The van der Waals surface area contributed by atoms with Crippen molar-refractivity contribution in [3.05, 3.63) is 11.9 Å². The van der Waals surface area contributed by atoms with Gasteiger partial charge in [-0.25, -0.2) is 4.99 Å². The van der Waals surface area contributed by atoms with E-state index in [1.54, 1.807) is 6.92 Å². The van der Waals surface area contributed by atoms with E-state index in [0.29, 0.717) is 18.8 Å². The van der Waals surface area contributed by atoms with Gasteiger partial charge in [-0.3, -0.25) is 0 Å². The van der Waals surface area contributed by atoms with E-state index in [4.69, 9.17) is 4.11 Å². The molecule has 0 unspecified atom stereocenters. The maximum absolute atomic E-state index is 10.9. The normalized spacial score (nSPS) is 21.9. The fourth-order valence-corrected chi connectivity index (χ4v) is 2.24. The monoisotopic (exact) mass is 253 g/mol. The standard InChI is InChI=1S/C13H22N4O/c1-11(18)6-4-5-7-17-8-12-13(16(3)10-17)14-9-15(12)2/h8H,4-7,9-10H2,1-3H3/i2D3. The molecule has 0 aliphatic carbocycles. The third-order valence-corrected chi connectivity index (χ3v) is 3.17. The van der Waals surface area contributed by atoms with Crippen molar-refractivity contribution in [2.75, 3.05) is 33.9 Å². The van der Waals surface area contributed by atoms with Gasteiger partial charge in [-0.2, -0.15) is 0 Å². The molecule has 2 heterocycles. The number of ketones is 1. The first-order valence-corrected chi connectivity index (χ1v) is 6.28. The third kappa shape index (κ3) is 2.83. The molecule has 0 amide bonds. The molecule has 0 atom stereocenters. The first-order chi connectivity index (χ1) is 9.79. The fourth-order valence-electron chi connectivity index (χ4n) is 2.24. The van der Waals surface area contributed by atoms with Gasteiger partial charge in [0.25, 0.3) is 0 Å². The Balaban J connectivity index is 2.00. The molecule has 5 nitrogen and oxygen atoms in total. The summed E-state index contributed by atoms with van der Waals surface area (Å²) in [5.41, 5.74) is 0.662. The lowest BCUT2D eigenvalue weighted by atomic mass is 10.2. The van der Waals surface area contributed by atoms with Crippen LogP contribution in [0.5, 0.6) is 0 Å². The topological polar surface area (TPSA) is 39.1 Å². The second kappa shape index (κ2) is 5.42.